The minimum atomic E-state index is -0.0626. The summed E-state index contributed by atoms with van der Waals surface area (Å²) in [6.45, 7) is 11.0. The first kappa shape index (κ1) is 15.4. The van der Waals surface area contributed by atoms with Crippen molar-refractivity contribution in [1.82, 2.24) is 9.80 Å². The summed E-state index contributed by atoms with van der Waals surface area (Å²) in [5.41, 5.74) is -0.0394. The Morgan fingerprint density at radius 1 is 1.22 bits per heavy atom. The molecule has 0 bridgehead atoms. The van der Waals surface area contributed by atoms with Crippen molar-refractivity contribution in [1.29, 1.82) is 0 Å². The van der Waals surface area contributed by atoms with Gasteiger partial charge in [0.15, 0.2) is 0 Å². The molecule has 0 amide bonds. The van der Waals surface area contributed by atoms with Gasteiger partial charge in [0.2, 0.25) is 0 Å². The van der Waals surface area contributed by atoms with Crippen LogP contribution < -0.4 is 0 Å². The number of esters is 1. The van der Waals surface area contributed by atoms with Crippen molar-refractivity contribution < 1.29 is 9.53 Å². The van der Waals surface area contributed by atoms with Crippen LogP contribution in [0.1, 0.15) is 40.0 Å². The van der Waals surface area contributed by atoms with E-state index in [1.807, 2.05) is 6.92 Å². The fourth-order valence-electron chi connectivity index (χ4n) is 2.77. The van der Waals surface area contributed by atoms with E-state index in [2.05, 4.69) is 30.7 Å². The largest absolute Gasteiger partial charge is 0.466 e. The topological polar surface area (TPSA) is 32.8 Å². The van der Waals surface area contributed by atoms with E-state index in [0.29, 0.717) is 13.0 Å². The minimum absolute atomic E-state index is 0.0394. The van der Waals surface area contributed by atoms with Crippen LogP contribution in [-0.4, -0.2) is 61.1 Å². The first-order chi connectivity index (χ1) is 8.51. The number of likely N-dealkylation sites (N-methyl/N-ethyl adjacent to an activating group) is 1. The van der Waals surface area contributed by atoms with Crippen LogP contribution in [-0.2, 0) is 9.53 Å². The molecule has 0 aromatic rings. The van der Waals surface area contributed by atoms with Crippen molar-refractivity contribution in [3.63, 3.8) is 0 Å². The number of hydrogen-bond donors (Lipinski definition) is 0. The number of hydrogen-bond acceptors (Lipinski definition) is 4. The van der Waals surface area contributed by atoms with Gasteiger partial charge in [-0.05, 0) is 27.3 Å². The lowest BCUT2D eigenvalue weighted by Crippen LogP contribution is -2.55. The van der Waals surface area contributed by atoms with Crippen LogP contribution >= 0.6 is 0 Å². The Kier molecular flexibility index (Phi) is 6.09. The number of nitrogens with zero attached hydrogens (tertiary/aromatic N) is 2. The molecule has 1 rings (SSSR count). The van der Waals surface area contributed by atoms with Crippen molar-refractivity contribution in [3.05, 3.63) is 0 Å². The highest BCUT2D eigenvalue weighted by Crippen LogP contribution is 2.27. The molecule has 1 fully saturated rings. The lowest BCUT2D eigenvalue weighted by atomic mass is 9.89. The second kappa shape index (κ2) is 7.10. The highest BCUT2D eigenvalue weighted by molar-refractivity contribution is 5.70. The van der Waals surface area contributed by atoms with Gasteiger partial charge in [-0.25, -0.2) is 0 Å². The highest BCUT2D eigenvalue weighted by Gasteiger charge is 2.35. The molecular weight excluding hydrogens is 228 g/mol. The molecule has 0 N–H and O–H groups in total. The quantitative estimate of drug-likeness (QED) is 0.678. The first-order valence-electron chi connectivity index (χ1n) is 7.11. The molecule has 0 radical (unpaired) electrons. The van der Waals surface area contributed by atoms with Crippen LogP contribution in [0, 0.1) is 0 Å². The van der Waals surface area contributed by atoms with Gasteiger partial charge in [-0.3, -0.25) is 9.69 Å². The molecule has 0 saturated carbocycles. The van der Waals surface area contributed by atoms with Crippen molar-refractivity contribution in [2.75, 3.05) is 39.8 Å². The lowest BCUT2D eigenvalue weighted by molar-refractivity contribution is -0.147. The molecule has 1 atom stereocenters. The molecule has 1 saturated heterocycles. The lowest BCUT2D eigenvalue weighted by Gasteiger charge is -2.45. The molecule has 0 aliphatic carbocycles. The van der Waals surface area contributed by atoms with Crippen molar-refractivity contribution >= 4 is 5.97 Å². The number of rotatable bonds is 6. The van der Waals surface area contributed by atoms with E-state index in [0.717, 1.165) is 39.0 Å². The van der Waals surface area contributed by atoms with E-state index in [4.69, 9.17) is 4.74 Å². The Labute approximate surface area is 111 Å². The molecule has 18 heavy (non-hydrogen) atoms. The number of carbonyl (C=O) groups is 1. The zero-order valence-electron chi connectivity index (χ0n) is 12.4. The maximum atomic E-state index is 11.8. The maximum Gasteiger partial charge on any atom is 0.307 e. The average Bonchev–Trinajstić information content (AvgIpc) is 2.30. The number of ether oxygens (including phenoxy) is 1. The van der Waals surface area contributed by atoms with E-state index in [9.17, 15) is 4.79 Å². The van der Waals surface area contributed by atoms with Gasteiger partial charge in [0.05, 0.1) is 13.0 Å². The van der Waals surface area contributed by atoms with Crippen LogP contribution in [0.25, 0.3) is 0 Å². The van der Waals surface area contributed by atoms with Gasteiger partial charge in [0, 0.05) is 31.7 Å². The molecule has 1 aliphatic heterocycles. The van der Waals surface area contributed by atoms with Crippen LogP contribution in [0.15, 0.2) is 0 Å². The molecule has 1 unspecified atom stereocenters. The normalized spacial score (nSPS) is 21.6. The third-order valence-corrected chi connectivity index (χ3v) is 3.89. The van der Waals surface area contributed by atoms with E-state index in [-0.39, 0.29) is 11.5 Å². The maximum absolute atomic E-state index is 11.8. The summed E-state index contributed by atoms with van der Waals surface area (Å²) in [5.74, 6) is -0.0626. The Morgan fingerprint density at radius 3 is 2.33 bits per heavy atom. The second-order valence-electron chi connectivity index (χ2n) is 5.52. The molecule has 0 spiro atoms. The highest BCUT2D eigenvalue weighted by atomic mass is 16.5. The van der Waals surface area contributed by atoms with Gasteiger partial charge in [-0.1, -0.05) is 13.3 Å². The number of piperazine rings is 1. The van der Waals surface area contributed by atoms with E-state index < -0.39 is 0 Å². The van der Waals surface area contributed by atoms with Gasteiger partial charge in [0.25, 0.3) is 0 Å². The molecular formula is C14H28N2O2. The summed E-state index contributed by atoms with van der Waals surface area (Å²) in [6, 6.07) is 0. The Balaban J connectivity index is 2.63. The molecule has 4 heteroatoms. The molecule has 0 aromatic heterocycles. The molecule has 106 valence electrons. The van der Waals surface area contributed by atoms with Crippen LogP contribution in [0.2, 0.25) is 0 Å². The minimum Gasteiger partial charge on any atom is -0.466 e. The molecule has 1 heterocycles. The standard InChI is InChI=1S/C14H28N2O2/c1-5-7-14(3,12-13(17)18-6-2)16-10-8-15(4)9-11-16/h5-12H2,1-4H3. The first-order valence-corrected chi connectivity index (χ1v) is 7.11. The van der Waals surface area contributed by atoms with Crippen molar-refractivity contribution in [2.24, 2.45) is 0 Å². The summed E-state index contributed by atoms with van der Waals surface area (Å²) >= 11 is 0. The zero-order chi connectivity index (χ0) is 13.6. The van der Waals surface area contributed by atoms with Gasteiger partial charge >= 0.3 is 5.97 Å². The Morgan fingerprint density at radius 2 is 1.83 bits per heavy atom. The fourth-order valence-corrected chi connectivity index (χ4v) is 2.77. The third kappa shape index (κ3) is 4.25. The Bertz CT molecular complexity index is 263. The van der Waals surface area contributed by atoms with E-state index in [1.54, 1.807) is 0 Å². The predicted molar refractivity (Wildman–Crippen MR) is 73.6 cm³/mol. The summed E-state index contributed by atoms with van der Waals surface area (Å²) in [7, 11) is 2.15. The molecule has 4 nitrogen and oxygen atoms in total. The summed E-state index contributed by atoms with van der Waals surface area (Å²) in [4.78, 5) is 16.6. The Hall–Kier alpha value is -0.610. The average molecular weight is 256 g/mol. The van der Waals surface area contributed by atoms with Gasteiger partial charge in [-0.2, -0.15) is 0 Å². The zero-order valence-corrected chi connectivity index (χ0v) is 12.4. The number of carbonyl (C=O) groups excluding carboxylic acids is 1. The van der Waals surface area contributed by atoms with Gasteiger partial charge in [-0.15, -0.1) is 0 Å². The molecule has 1 aliphatic rings. The SMILES string of the molecule is CCCC(C)(CC(=O)OCC)N1CCN(C)CC1. The van der Waals surface area contributed by atoms with Crippen LogP contribution in [0.4, 0.5) is 0 Å². The van der Waals surface area contributed by atoms with E-state index >= 15 is 0 Å². The van der Waals surface area contributed by atoms with Gasteiger partial charge < -0.3 is 9.64 Å². The summed E-state index contributed by atoms with van der Waals surface area (Å²) < 4.78 is 5.12. The second-order valence-corrected chi connectivity index (χ2v) is 5.52. The van der Waals surface area contributed by atoms with Gasteiger partial charge in [0.1, 0.15) is 0 Å². The monoisotopic (exact) mass is 256 g/mol. The smallest absolute Gasteiger partial charge is 0.307 e. The third-order valence-electron chi connectivity index (χ3n) is 3.89. The fraction of sp³-hybridized carbons (Fsp3) is 0.929. The van der Waals surface area contributed by atoms with E-state index in [1.165, 1.54) is 0 Å². The van der Waals surface area contributed by atoms with Crippen molar-refractivity contribution in [2.45, 2.75) is 45.6 Å². The van der Waals surface area contributed by atoms with Crippen LogP contribution in [0.5, 0.6) is 0 Å². The summed E-state index contributed by atoms with van der Waals surface area (Å²) in [6.07, 6.45) is 2.66. The predicted octanol–water partition coefficient (Wildman–Crippen LogP) is 1.75. The summed E-state index contributed by atoms with van der Waals surface area (Å²) in [5, 5.41) is 0. The molecule has 0 aromatic carbocycles. The van der Waals surface area contributed by atoms with Crippen LogP contribution in [0.3, 0.4) is 0 Å². The van der Waals surface area contributed by atoms with Crippen molar-refractivity contribution in [3.8, 4) is 0 Å².